The third kappa shape index (κ3) is 3.36. The molecular weight excluding hydrogens is 385 g/mol. The van der Waals surface area contributed by atoms with Crippen molar-refractivity contribution < 1.29 is 13.2 Å². The molecule has 0 aliphatic carbocycles. The van der Waals surface area contributed by atoms with Gasteiger partial charge < -0.3 is 4.57 Å². The summed E-state index contributed by atoms with van der Waals surface area (Å²) in [6.45, 7) is 0. The van der Waals surface area contributed by atoms with E-state index >= 15 is 0 Å². The van der Waals surface area contributed by atoms with Crippen LogP contribution in [0.4, 0.5) is 0 Å². The SMILES string of the molecule is Cn1cc(C(=O)NNS(=O)(=O)c2cccc(Cl)c2Cl)c2ccccc21. The summed E-state index contributed by atoms with van der Waals surface area (Å²) >= 11 is 11.8. The lowest BCUT2D eigenvalue weighted by Crippen LogP contribution is -2.41. The van der Waals surface area contributed by atoms with Crippen molar-refractivity contribution in [3.63, 3.8) is 0 Å². The highest BCUT2D eigenvalue weighted by molar-refractivity contribution is 7.89. The number of hydrazine groups is 1. The van der Waals surface area contributed by atoms with Crippen molar-refractivity contribution in [2.24, 2.45) is 7.05 Å². The summed E-state index contributed by atoms with van der Waals surface area (Å²) in [5.41, 5.74) is 3.40. The number of carbonyl (C=O) groups excluding carboxylic acids is 1. The molecule has 9 heteroatoms. The van der Waals surface area contributed by atoms with Crippen LogP contribution in [0.2, 0.25) is 10.0 Å². The monoisotopic (exact) mass is 397 g/mol. The second-order valence-corrected chi connectivity index (χ2v) is 7.72. The van der Waals surface area contributed by atoms with E-state index < -0.39 is 15.9 Å². The first-order chi connectivity index (χ1) is 11.8. The van der Waals surface area contributed by atoms with Crippen LogP contribution in [0, 0.1) is 0 Å². The maximum atomic E-state index is 12.4. The Morgan fingerprint density at radius 3 is 2.56 bits per heavy atom. The lowest BCUT2D eigenvalue weighted by molar-refractivity contribution is 0.0946. The van der Waals surface area contributed by atoms with Gasteiger partial charge in [-0.2, -0.15) is 0 Å². The third-order valence-corrected chi connectivity index (χ3v) is 5.87. The number of benzene rings is 2. The van der Waals surface area contributed by atoms with Crippen LogP contribution in [0.3, 0.4) is 0 Å². The van der Waals surface area contributed by atoms with Gasteiger partial charge in [-0.15, -0.1) is 4.83 Å². The number of hydrogen-bond donors (Lipinski definition) is 2. The molecule has 2 N–H and O–H groups in total. The quantitative estimate of drug-likeness (QED) is 0.663. The van der Waals surface area contributed by atoms with Crippen molar-refractivity contribution in [2.45, 2.75) is 4.90 Å². The number of aryl methyl sites for hydroxylation is 1. The fourth-order valence-corrected chi connectivity index (χ4v) is 4.05. The van der Waals surface area contributed by atoms with Gasteiger partial charge >= 0.3 is 0 Å². The number of para-hydroxylation sites is 1. The van der Waals surface area contributed by atoms with Crippen molar-refractivity contribution in [3.05, 3.63) is 64.3 Å². The Labute approximate surface area is 154 Å². The molecule has 0 unspecified atom stereocenters. The Bertz CT molecular complexity index is 1080. The molecule has 0 atom stereocenters. The predicted molar refractivity (Wildman–Crippen MR) is 97.2 cm³/mol. The second kappa shape index (κ2) is 6.68. The van der Waals surface area contributed by atoms with E-state index in [1.165, 1.54) is 18.2 Å². The van der Waals surface area contributed by atoms with E-state index in [9.17, 15) is 13.2 Å². The van der Waals surface area contributed by atoms with E-state index in [0.29, 0.717) is 10.9 Å². The molecular formula is C16H13Cl2N3O3S. The zero-order valence-electron chi connectivity index (χ0n) is 13.0. The summed E-state index contributed by atoms with van der Waals surface area (Å²) in [4.78, 5) is 14.2. The van der Waals surface area contributed by atoms with Crippen molar-refractivity contribution in [2.75, 3.05) is 0 Å². The number of nitrogens with one attached hydrogen (secondary N) is 2. The zero-order valence-corrected chi connectivity index (χ0v) is 15.3. The highest BCUT2D eigenvalue weighted by atomic mass is 35.5. The molecule has 1 heterocycles. The van der Waals surface area contributed by atoms with Gasteiger partial charge in [0.25, 0.3) is 15.9 Å². The lowest BCUT2D eigenvalue weighted by atomic mass is 10.2. The van der Waals surface area contributed by atoms with Gasteiger partial charge in [0.1, 0.15) is 4.90 Å². The standard InChI is InChI=1S/C16H13Cl2N3O3S/c1-21-9-11(10-5-2-3-7-13(10)21)16(22)19-20-25(23,24)14-8-4-6-12(17)15(14)18/h2-9,20H,1H3,(H,19,22). The first-order valence-corrected chi connectivity index (χ1v) is 9.35. The van der Waals surface area contributed by atoms with Gasteiger partial charge in [-0.25, -0.2) is 8.42 Å². The van der Waals surface area contributed by atoms with Crippen molar-refractivity contribution in [1.29, 1.82) is 0 Å². The van der Waals surface area contributed by atoms with E-state index in [1.54, 1.807) is 29.9 Å². The molecule has 130 valence electrons. The molecule has 1 amide bonds. The molecule has 0 aliphatic heterocycles. The highest BCUT2D eigenvalue weighted by Crippen LogP contribution is 2.28. The molecule has 0 bridgehead atoms. The average molecular weight is 398 g/mol. The van der Waals surface area contributed by atoms with E-state index in [1.807, 2.05) is 17.0 Å². The first kappa shape index (κ1) is 17.8. The molecule has 0 saturated heterocycles. The Morgan fingerprint density at radius 1 is 1.08 bits per heavy atom. The smallest absolute Gasteiger partial charge is 0.268 e. The molecule has 0 aliphatic rings. The summed E-state index contributed by atoms with van der Waals surface area (Å²) in [6, 6.07) is 11.5. The first-order valence-electron chi connectivity index (χ1n) is 7.11. The number of aromatic nitrogens is 1. The summed E-state index contributed by atoms with van der Waals surface area (Å²) in [5, 5.41) is 0.698. The van der Waals surface area contributed by atoms with Gasteiger partial charge in [0.15, 0.2) is 0 Å². The molecule has 0 saturated carbocycles. The van der Waals surface area contributed by atoms with E-state index in [2.05, 4.69) is 5.43 Å². The average Bonchev–Trinajstić information content (AvgIpc) is 2.92. The molecule has 1 aromatic heterocycles. The number of amides is 1. The van der Waals surface area contributed by atoms with Crippen LogP contribution in [0.15, 0.2) is 53.6 Å². The van der Waals surface area contributed by atoms with Crippen LogP contribution >= 0.6 is 23.2 Å². The molecule has 0 fully saturated rings. The number of rotatable bonds is 4. The third-order valence-electron chi connectivity index (χ3n) is 3.65. The molecule has 3 rings (SSSR count). The molecule has 6 nitrogen and oxygen atoms in total. The topological polar surface area (TPSA) is 80.2 Å². The fourth-order valence-electron chi connectivity index (χ4n) is 2.45. The summed E-state index contributed by atoms with van der Waals surface area (Å²) in [5.74, 6) is -0.585. The van der Waals surface area contributed by atoms with Crippen LogP contribution < -0.4 is 10.3 Å². The van der Waals surface area contributed by atoms with Crippen LogP contribution in [-0.2, 0) is 17.1 Å². The number of carbonyl (C=O) groups is 1. The Hall–Kier alpha value is -2.06. The van der Waals surface area contributed by atoms with E-state index in [4.69, 9.17) is 23.2 Å². The maximum Gasteiger partial charge on any atom is 0.268 e. The van der Waals surface area contributed by atoms with Crippen molar-refractivity contribution >= 4 is 50.0 Å². The zero-order chi connectivity index (χ0) is 18.2. The van der Waals surface area contributed by atoms with Gasteiger partial charge in [0, 0.05) is 24.1 Å². The maximum absolute atomic E-state index is 12.4. The Morgan fingerprint density at radius 2 is 1.80 bits per heavy atom. The minimum absolute atomic E-state index is 0.102. The van der Waals surface area contributed by atoms with E-state index in [0.717, 1.165) is 5.52 Å². The molecule has 25 heavy (non-hydrogen) atoms. The van der Waals surface area contributed by atoms with E-state index in [-0.39, 0.29) is 14.9 Å². The number of fused-ring (bicyclic) bond motifs is 1. The highest BCUT2D eigenvalue weighted by Gasteiger charge is 2.21. The second-order valence-electron chi connectivity index (χ2n) is 5.28. The largest absolute Gasteiger partial charge is 0.350 e. The number of sulfonamides is 1. The van der Waals surface area contributed by atoms with Gasteiger partial charge in [0.05, 0.1) is 15.6 Å². The van der Waals surface area contributed by atoms with Gasteiger partial charge in [-0.1, -0.05) is 47.5 Å². The fraction of sp³-hybridized carbons (Fsp3) is 0.0625. The number of halogens is 2. The lowest BCUT2D eigenvalue weighted by Gasteiger charge is -2.10. The molecule has 0 spiro atoms. The normalized spacial score (nSPS) is 11.6. The van der Waals surface area contributed by atoms with Crippen LogP contribution in [0.25, 0.3) is 10.9 Å². The van der Waals surface area contributed by atoms with Gasteiger partial charge in [0.2, 0.25) is 0 Å². The van der Waals surface area contributed by atoms with Crippen LogP contribution in [-0.4, -0.2) is 18.9 Å². The number of nitrogens with zero attached hydrogens (tertiary/aromatic N) is 1. The summed E-state index contributed by atoms with van der Waals surface area (Å²) in [7, 11) is -2.27. The summed E-state index contributed by atoms with van der Waals surface area (Å²) in [6.07, 6.45) is 1.63. The Kier molecular flexibility index (Phi) is 4.75. The minimum atomic E-state index is -4.07. The van der Waals surface area contributed by atoms with Crippen molar-refractivity contribution in [1.82, 2.24) is 14.8 Å². The Balaban J connectivity index is 1.85. The predicted octanol–water partition coefficient (Wildman–Crippen LogP) is 3.11. The summed E-state index contributed by atoms with van der Waals surface area (Å²) < 4.78 is 26.5. The van der Waals surface area contributed by atoms with Gasteiger partial charge in [-0.3, -0.25) is 10.2 Å². The van der Waals surface area contributed by atoms with Crippen molar-refractivity contribution in [3.8, 4) is 0 Å². The minimum Gasteiger partial charge on any atom is -0.350 e. The van der Waals surface area contributed by atoms with Crippen LogP contribution in [0.1, 0.15) is 10.4 Å². The van der Waals surface area contributed by atoms with Gasteiger partial charge in [-0.05, 0) is 18.2 Å². The van der Waals surface area contributed by atoms with Crippen LogP contribution in [0.5, 0.6) is 0 Å². The molecule has 3 aromatic rings. The number of hydrogen-bond acceptors (Lipinski definition) is 3. The molecule has 0 radical (unpaired) electrons. The molecule has 2 aromatic carbocycles.